The molecule has 1 aliphatic rings. The molecule has 0 bridgehead atoms. The van der Waals surface area contributed by atoms with E-state index in [-0.39, 0.29) is 10.2 Å². The van der Waals surface area contributed by atoms with E-state index in [4.69, 9.17) is 17.3 Å². The number of nitrogens with zero attached hydrogens (tertiary/aromatic N) is 2. The summed E-state index contributed by atoms with van der Waals surface area (Å²) >= 11 is 4.86. The Bertz CT molecular complexity index is 453. The number of anilines is 1. The smallest absolute Gasteiger partial charge is 0.338 e. The molecule has 2 rings (SSSR count). The first-order valence-corrected chi connectivity index (χ1v) is 5.38. The number of hydrogen-bond acceptors (Lipinski definition) is 5. The quantitative estimate of drug-likeness (QED) is 0.643. The van der Waals surface area contributed by atoms with Crippen LogP contribution in [0.1, 0.15) is 10.4 Å². The number of aromatic nitrogens is 2. The van der Waals surface area contributed by atoms with Crippen LogP contribution in [0.2, 0.25) is 0 Å². The fraction of sp³-hybridized carbons (Fsp3) is 0.444. The normalized spacial score (nSPS) is 16.1. The van der Waals surface area contributed by atoms with Gasteiger partial charge in [0.2, 0.25) is 0 Å². The van der Waals surface area contributed by atoms with Gasteiger partial charge in [-0.3, -0.25) is 5.10 Å². The zero-order chi connectivity index (χ0) is 11.5. The van der Waals surface area contributed by atoms with E-state index >= 15 is 0 Å². The van der Waals surface area contributed by atoms with Crippen molar-refractivity contribution in [3.05, 3.63) is 16.3 Å². The molecule has 0 radical (unpaired) electrons. The fourth-order valence-electron chi connectivity index (χ4n) is 1.61. The van der Waals surface area contributed by atoms with Crippen LogP contribution >= 0.6 is 12.2 Å². The van der Waals surface area contributed by atoms with Gasteiger partial charge in [-0.2, -0.15) is 5.10 Å². The summed E-state index contributed by atoms with van der Waals surface area (Å²) in [5, 5.41) is 18.8. The average molecular weight is 240 g/mol. The van der Waals surface area contributed by atoms with Crippen molar-refractivity contribution in [2.24, 2.45) is 0 Å². The van der Waals surface area contributed by atoms with Gasteiger partial charge >= 0.3 is 5.97 Å². The molecule has 0 unspecified atom stereocenters. The molecule has 1 saturated heterocycles. The molecule has 7 heteroatoms. The van der Waals surface area contributed by atoms with Crippen LogP contribution in [0.15, 0.2) is 6.07 Å². The highest BCUT2D eigenvalue weighted by molar-refractivity contribution is 7.71. The lowest BCUT2D eigenvalue weighted by Gasteiger charge is -2.28. The van der Waals surface area contributed by atoms with E-state index in [9.17, 15) is 4.79 Å². The minimum atomic E-state index is -1.03. The summed E-state index contributed by atoms with van der Waals surface area (Å²) in [5.41, 5.74) is 0.0959. The fourth-order valence-corrected chi connectivity index (χ4v) is 1.80. The molecule has 3 N–H and O–H groups in total. The van der Waals surface area contributed by atoms with Gasteiger partial charge in [-0.1, -0.05) is 12.2 Å². The summed E-state index contributed by atoms with van der Waals surface area (Å²) in [5.74, 6) is -0.396. The van der Waals surface area contributed by atoms with E-state index in [1.54, 1.807) is 0 Å². The Balaban J connectivity index is 2.31. The number of hydrogen-bond donors (Lipinski definition) is 3. The molecule has 0 aromatic carbocycles. The first-order valence-electron chi connectivity index (χ1n) is 4.97. The van der Waals surface area contributed by atoms with Gasteiger partial charge in [0.05, 0.1) is 5.56 Å². The molecule has 0 aliphatic carbocycles. The van der Waals surface area contributed by atoms with Crippen LogP contribution in [0.4, 0.5) is 5.82 Å². The third-order valence-corrected chi connectivity index (χ3v) is 2.77. The monoisotopic (exact) mass is 240 g/mol. The molecule has 0 saturated carbocycles. The van der Waals surface area contributed by atoms with Gasteiger partial charge in [-0.25, -0.2) is 4.79 Å². The van der Waals surface area contributed by atoms with Crippen molar-refractivity contribution in [3.63, 3.8) is 0 Å². The largest absolute Gasteiger partial charge is 0.478 e. The van der Waals surface area contributed by atoms with Crippen molar-refractivity contribution in [3.8, 4) is 0 Å². The van der Waals surface area contributed by atoms with Crippen molar-refractivity contribution in [1.82, 2.24) is 15.5 Å². The topological polar surface area (TPSA) is 81.2 Å². The third kappa shape index (κ3) is 2.20. The van der Waals surface area contributed by atoms with Crippen molar-refractivity contribution in [2.75, 3.05) is 31.1 Å². The zero-order valence-electron chi connectivity index (χ0n) is 8.56. The van der Waals surface area contributed by atoms with Crippen LogP contribution in [0.5, 0.6) is 0 Å². The first kappa shape index (κ1) is 11.0. The summed E-state index contributed by atoms with van der Waals surface area (Å²) in [4.78, 5) is 12.9. The summed E-state index contributed by atoms with van der Waals surface area (Å²) in [6.45, 7) is 3.38. The second-order valence-electron chi connectivity index (χ2n) is 3.51. The molecule has 1 fully saturated rings. The van der Waals surface area contributed by atoms with Gasteiger partial charge in [-0.05, 0) is 6.07 Å². The van der Waals surface area contributed by atoms with Crippen LogP contribution < -0.4 is 10.2 Å². The molecule has 2 heterocycles. The number of rotatable bonds is 2. The molecular weight excluding hydrogens is 228 g/mol. The Morgan fingerprint density at radius 3 is 2.81 bits per heavy atom. The van der Waals surface area contributed by atoms with Gasteiger partial charge in [0.25, 0.3) is 0 Å². The van der Waals surface area contributed by atoms with Crippen molar-refractivity contribution >= 4 is 24.0 Å². The van der Waals surface area contributed by atoms with E-state index in [1.165, 1.54) is 6.07 Å². The van der Waals surface area contributed by atoms with E-state index in [0.717, 1.165) is 26.2 Å². The number of carboxylic acids is 1. The molecule has 1 aromatic rings. The van der Waals surface area contributed by atoms with Crippen molar-refractivity contribution in [2.45, 2.75) is 0 Å². The lowest BCUT2D eigenvalue weighted by Crippen LogP contribution is -2.44. The second kappa shape index (κ2) is 4.58. The Kier molecular flexibility index (Phi) is 3.16. The molecule has 16 heavy (non-hydrogen) atoms. The third-order valence-electron chi connectivity index (χ3n) is 2.46. The Morgan fingerprint density at radius 1 is 1.50 bits per heavy atom. The number of H-pyrrole nitrogens is 1. The highest BCUT2D eigenvalue weighted by Gasteiger charge is 2.15. The van der Waals surface area contributed by atoms with Gasteiger partial charge < -0.3 is 15.3 Å². The molecule has 1 aromatic heterocycles. The van der Waals surface area contributed by atoms with Gasteiger partial charge in [0.15, 0.2) is 0 Å². The molecular formula is C9H12N4O2S. The van der Waals surface area contributed by atoms with Crippen LogP contribution in [-0.4, -0.2) is 47.5 Å². The summed E-state index contributed by atoms with van der Waals surface area (Å²) < 4.78 is 0.159. The van der Waals surface area contributed by atoms with E-state index in [0.29, 0.717) is 5.82 Å². The standard InChI is InChI=1S/C9H12N4O2S/c14-9(15)6-5-7(11-12-8(6)16)13-3-1-10-2-4-13/h5,10H,1-4H2,(H,12,16)(H,14,15). The van der Waals surface area contributed by atoms with Gasteiger partial charge in [0, 0.05) is 26.2 Å². The Morgan fingerprint density at radius 2 is 2.19 bits per heavy atom. The molecule has 86 valence electrons. The predicted molar refractivity (Wildman–Crippen MR) is 61.5 cm³/mol. The van der Waals surface area contributed by atoms with Crippen molar-refractivity contribution in [1.29, 1.82) is 0 Å². The number of nitrogens with one attached hydrogen (secondary N) is 2. The molecule has 0 amide bonds. The summed E-state index contributed by atoms with van der Waals surface area (Å²) in [6, 6.07) is 1.52. The lowest BCUT2D eigenvalue weighted by atomic mass is 10.3. The molecule has 0 spiro atoms. The first-order chi connectivity index (χ1) is 7.68. The molecule has 1 aliphatic heterocycles. The maximum absolute atomic E-state index is 10.9. The van der Waals surface area contributed by atoms with Gasteiger partial charge in [0.1, 0.15) is 10.5 Å². The lowest BCUT2D eigenvalue weighted by molar-refractivity contribution is 0.0695. The summed E-state index contributed by atoms with van der Waals surface area (Å²) in [7, 11) is 0. The average Bonchev–Trinajstić information content (AvgIpc) is 2.30. The highest BCUT2D eigenvalue weighted by Crippen LogP contribution is 2.13. The van der Waals surface area contributed by atoms with E-state index in [2.05, 4.69) is 15.5 Å². The minimum absolute atomic E-state index is 0.0959. The Labute approximate surface area is 97.3 Å². The number of carbonyl (C=O) groups is 1. The number of aromatic carboxylic acids is 1. The van der Waals surface area contributed by atoms with Crippen molar-refractivity contribution < 1.29 is 9.90 Å². The maximum Gasteiger partial charge on any atom is 0.338 e. The number of aromatic amines is 1. The van der Waals surface area contributed by atoms with E-state index < -0.39 is 5.97 Å². The predicted octanol–water partition coefficient (Wildman–Crippen LogP) is 0.247. The Hall–Kier alpha value is -1.47. The summed E-state index contributed by atoms with van der Waals surface area (Å²) in [6.07, 6.45) is 0. The zero-order valence-corrected chi connectivity index (χ0v) is 9.38. The maximum atomic E-state index is 10.9. The highest BCUT2D eigenvalue weighted by atomic mass is 32.1. The van der Waals surface area contributed by atoms with Crippen LogP contribution in [0.3, 0.4) is 0 Å². The molecule has 6 nitrogen and oxygen atoms in total. The van der Waals surface area contributed by atoms with Gasteiger partial charge in [-0.15, -0.1) is 0 Å². The van der Waals surface area contributed by atoms with E-state index in [1.807, 2.05) is 4.90 Å². The minimum Gasteiger partial charge on any atom is -0.478 e. The molecule has 0 atom stereocenters. The second-order valence-corrected chi connectivity index (χ2v) is 3.92. The van der Waals surface area contributed by atoms with Crippen LogP contribution in [-0.2, 0) is 0 Å². The number of carboxylic acid groups (broad SMARTS) is 1. The SMILES string of the molecule is O=C(O)c1cc(N2CCNCC2)n[nH]c1=S. The number of piperazine rings is 1. The van der Waals surface area contributed by atoms with Crippen LogP contribution in [0, 0.1) is 4.64 Å². The van der Waals surface area contributed by atoms with Crippen LogP contribution in [0.25, 0.3) is 0 Å².